The summed E-state index contributed by atoms with van der Waals surface area (Å²) in [6.45, 7) is 12.5. The van der Waals surface area contributed by atoms with Crippen LogP contribution in [0.5, 0.6) is 0 Å². The summed E-state index contributed by atoms with van der Waals surface area (Å²) in [5, 5.41) is 4.73. The van der Waals surface area contributed by atoms with E-state index in [-0.39, 0.29) is 5.91 Å². The van der Waals surface area contributed by atoms with Crippen molar-refractivity contribution in [3.63, 3.8) is 0 Å². The van der Waals surface area contributed by atoms with Crippen LogP contribution in [0.25, 0.3) is 0 Å². The lowest BCUT2D eigenvalue weighted by Crippen LogP contribution is -2.35. The fourth-order valence-electron chi connectivity index (χ4n) is 2.94. The average Bonchev–Trinajstić information content (AvgIpc) is 2.92. The Morgan fingerprint density at radius 1 is 1.29 bits per heavy atom. The van der Waals surface area contributed by atoms with Gasteiger partial charge >= 0.3 is 0 Å². The van der Waals surface area contributed by atoms with Crippen LogP contribution in [0.15, 0.2) is 0 Å². The number of amides is 1. The Balaban J connectivity index is 0.000000648. The molecule has 5 heteroatoms. The Morgan fingerprint density at radius 3 is 2.46 bits per heavy atom. The number of ether oxygens (including phenoxy) is 1. The molecule has 1 unspecified atom stereocenters. The summed E-state index contributed by atoms with van der Waals surface area (Å²) in [4.78, 5) is 13.4. The zero-order chi connectivity index (χ0) is 18.1. The third kappa shape index (κ3) is 5.33. The molecule has 2 heterocycles. The minimum absolute atomic E-state index is 0.147. The highest BCUT2D eigenvalue weighted by Gasteiger charge is 2.26. The van der Waals surface area contributed by atoms with Crippen LogP contribution in [-0.2, 0) is 22.5 Å². The van der Waals surface area contributed by atoms with Crippen molar-refractivity contribution in [1.82, 2.24) is 14.7 Å². The van der Waals surface area contributed by atoms with Gasteiger partial charge in [-0.25, -0.2) is 0 Å². The van der Waals surface area contributed by atoms with Crippen molar-refractivity contribution < 1.29 is 9.53 Å². The topological polar surface area (TPSA) is 47.4 Å². The van der Waals surface area contributed by atoms with Crippen molar-refractivity contribution in [3.05, 3.63) is 17.0 Å². The van der Waals surface area contributed by atoms with E-state index in [1.54, 1.807) is 14.0 Å². The summed E-state index contributed by atoms with van der Waals surface area (Å²) in [6.07, 6.45) is 5.57. The lowest BCUT2D eigenvalue weighted by molar-refractivity contribution is -0.129. The van der Waals surface area contributed by atoms with E-state index in [4.69, 9.17) is 9.84 Å². The lowest BCUT2D eigenvalue weighted by Gasteiger charge is -2.28. The van der Waals surface area contributed by atoms with E-state index < -0.39 is 0 Å². The second-order valence-electron chi connectivity index (χ2n) is 6.49. The summed E-state index contributed by atoms with van der Waals surface area (Å²) >= 11 is 0. The van der Waals surface area contributed by atoms with E-state index in [0.29, 0.717) is 12.6 Å². The highest BCUT2D eigenvalue weighted by atomic mass is 16.5. The van der Waals surface area contributed by atoms with Crippen molar-refractivity contribution in [2.75, 3.05) is 20.3 Å². The predicted molar refractivity (Wildman–Crippen MR) is 98.2 cm³/mol. The molecule has 0 radical (unpaired) electrons. The Hall–Kier alpha value is -1.36. The number of hydrogen-bond acceptors (Lipinski definition) is 3. The number of carbonyl (C=O) groups is 1. The quantitative estimate of drug-likeness (QED) is 0.791. The maximum absolute atomic E-state index is 11.5. The van der Waals surface area contributed by atoms with Crippen LogP contribution in [0.4, 0.5) is 0 Å². The highest BCUT2D eigenvalue weighted by molar-refractivity contribution is 5.73. The molecule has 0 N–H and O–H groups in total. The van der Waals surface area contributed by atoms with Crippen molar-refractivity contribution in [3.8, 4) is 0 Å². The summed E-state index contributed by atoms with van der Waals surface area (Å²) in [5.41, 5.74) is 3.60. The number of fused-ring (bicyclic) bond motifs is 1. The molecule has 138 valence electrons. The highest BCUT2D eigenvalue weighted by Crippen LogP contribution is 2.27. The Labute approximate surface area is 147 Å². The minimum Gasteiger partial charge on any atom is -0.385 e. The molecule has 1 aliphatic heterocycles. The molecule has 1 aromatic rings. The molecule has 0 saturated heterocycles. The van der Waals surface area contributed by atoms with E-state index in [0.717, 1.165) is 38.1 Å². The first kappa shape index (κ1) is 20.7. The third-order valence-corrected chi connectivity index (χ3v) is 4.70. The Morgan fingerprint density at radius 2 is 1.96 bits per heavy atom. The molecule has 0 aliphatic carbocycles. The molecule has 0 aromatic carbocycles. The van der Waals surface area contributed by atoms with Crippen LogP contribution in [0, 0.1) is 6.92 Å². The van der Waals surface area contributed by atoms with E-state index in [2.05, 4.69) is 25.5 Å². The first-order valence-electron chi connectivity index (χ1n) is 9.31. The van der Waals surface area contributed by atoms with Gasteiger partial charge in [0.1, 0.15) is 0 Å². The molecule has 1 aromatic heterocycles. The van der Waals surface area contributed by atoms with Crippen LogP contribution in [0.2, 0.25) is 0 Å². The molecule has 2 rings (SSSR count). The van der Waals surface area contributed by atoms with Gasteiger partial charge in [0.25, 0.3) is 0 Å². The van der Waals surface area contributed by atoms with Gasteiger partial charge in [0.05, 0.1) is 11.7 Å². The number of hydrogen-bond donors (Lipinski definition) is 0. The van der Waals surface area contributed by atoms with Gasteiger partial charge in [-0.15, -0.1) is 0 Å². The SMILES string of the molecule is CCC(CCOC)n1nc(C)c2c1CCN(C(C)=O)C2.CCCC. The summed E-state index contributed by atoms with van der Waals surface area (Å²) in [5.74, 6) is 0.147. The summed E-state index contributed by atoms with van der Waals surface area (Å²) in [6, 6.07) is 0.390. The van der Waals surface area contributed by atoms with Crippen LogP contribution < -0.4 is 0 Å². The maximum atomic E-state index is 11.5. The first-order valence-corrected chi connectivity index (χ1v) is 9.31. The summed E-state index contributed by atoms with van der Waals surface area (Å²) < 4.78 is 7.38. The number of carbonyl (C=O) groups excluding carboxylic acids is 1. The van der Waals surface area contributed by atoms with Crippen LogP contribution >= 0.6 is 0 Å². The van der Waals surface area contributed by atoms with E-state index in [1.165, 1.54) is 24.1 Å². The van der Waals surface area contributed by atoms with Gasteiger partial charge in [0.15, 0.2) is 0 Å². The van der Waals surface area contributed by atoms with E-state index >= 15 is 0 Å². The van der Waals surface area contributed by atoms with Crippen molar-refractivity contribution in [2.45, 2.75) is 79.3 Å². The van der Waals surface area contributed by atoms with Gasteiger partial charge in [-0.3, -0.25) is 9.48 Å². The third-order valence-electron chi connectivity index (χ3n) is 4.70. The molecule has 1 amide bonds. The number of nitrogens with zero attached hydrogens (tertiary/aromatic N) is 3. The lowest BCUT2D eigenvalue weighted by atomic mass is 10.0. The van der Waals surface area contributed by atoms with Gasteiger partial charge in [0, 0.05) is 51.4 Å². The van der Waals surface area contributed by atoms with Crippen molar-refractivity contribution >= 4 is 5.91 Å². The Bertz CT molecular complexity index is 509. The average molecular weight is 338 g/mol. The number of aromatic nitrogens is 2. The second-order valence-corrected chi connectivity index (χ2v) is 6.49. The van der Waals surface area contributed by atoms with E-state index in [1.807, 2.05) is 11.8 Å². The largest absolute Gasteiger partial charge is 0.385 e. The maximum Gasteiger partial charge on any atom is 0.219 e. The molecular weight excluding hydrogens is 302 g/mol. The number of unbranched alkanes of at least 4 members (excludes halogenated alkanes) is 1. The molecule has 5 nitrogen and oxygen atoms in total. The zero-order valence-corrected chi connectivity index (χ0v) is 16.4. The minimum atomic E-state index is 0.147. The number of rotatable bonds is 6. The molecule has 0 saturated carbocycles. The molecule has 1 atom stereocenters. The molecule has 0 fully saturated rings. The normalized spacial score (nSPS) is 14.7. The van der Waals surface area contributed by atoms with Crippen LogP contribution in [-0.4, -0.2) is 40.8 Å². The zero-order valence-electron chi connectivity index (χ0n) is 16.4. The summed E-state index contributed by atoms with van der Waals surface area (Å²) in [7, 11) is 1.74. The molecule has 1 aliphatic rings. The van der Waals surface area contributed by atoms with Crippen molar-refractivity contribution in [1.29, 1.82) is 0 Å². The second kappa shape index (κ2) is 10.5. The van der Waals surface area contributed by atoms with Gasteiger partial charge < -0.3 is 9.64 Å². The number of aryl methyl sites for hydroxylation is 1. The van der Waals surface area contributed by atoms with Crippen LogP contribution in [0.3, 0.4) is 0 Å². The predicted octanol–water partition coefficient (Wildman–Crippen LogP) is 3.89. The van der Waals surface area contributed by atoms with Crippen molar-refractivity contribution in [2.24, 2.45) is 0 Å². The molecule has 24 heavy (non-hydrogen) atoms. The van der Waals surface area contributed by atoms with Gasteiger partial charge in [-0.05, 0) is 19.8 Å². The molecular formula is C19H35N3O2. The molecule has 0 bridgehead atoms. The van der Waals surface area contributed by atoms with Gasteiger partial charge in [-0.2, -0.15) is 5.10 Å². The van der Waals surface area contributed by atoms with Gasteiger partial charge in [-0.1, -0.05) is 33.6 Å². The van der Waals surface area contributed by atoms with E-state index in [9.17, 15) is 4.79 Å². The first-order chi connectivity index (χ1) is 11.5. The fraction of sp³-hybridized carbons (Fsp3) is 0.789. The van der Waals surface area contributed by atoms with Crippen LogP contribution in [0.1, 0.15) is 76.4 Å². The monoisotopic (exact) mass is 337 g/mol. The fourth-order valence-corrected chi connectivity index (χ4v) is 2.94. The number of methoxy groups -OCH3 is 1. The molecule has 0 spiro atoms. The smallest absolute Gasteiger partial charge is 0.219 e. The van der Waals surface area contributed by atoms with Gasteiger partial charge in [0.2, 0.25) is 5.91 Å². The Kier molecular flexibility index (Phi) is 9.04. The standard InChI is InChI=1S/C15H25N3O2.C4H10/c1-5-13(7-9-20-4)18-15-6-8-17(12(3)19)10-14(15)11(2)16-18;1-3-4-2/h13H,5-10H2,1-4H3;3-4H2,1-2H3.